The monoisotopic (exact) mass is 315 g/mol. The second kappa shape index (κ2) is 6.79. The summed E-state index contributed by atoms with van der Waals surface area (Å²) in [4.78, 5) is 12.0. The van der Waals surface area contributed by atoms with Gasteiger partial charge in [0.15, 0.2) is 0 Å². The maximum atomic E-state index is 12.0. The number of hydrogen-bond donors (Lipinski definition) is 2. The highest BCUT2D eigenvalue weighted by atomic mass is 35.5. The molecule has 1 aliphatic carbocycles. The second-order valence-electron chi connectivity index (χ2n) is 5.52. The molecule has 1 aromatic rings. The third-order valence-corrected chi connectivity index (χ3v) is 4.77. The van der Waals surface area contributed by atoms with Crippen LogP contribution in [0, 0.1) is 5.41 Å². The number of hydrogen-bond acceptors (Lipinski definition) is 2. The molecule has 5 heteroatoms. The molecule has 0 bridgehead atoms. The SMILES string of the molecule is O=C(Cc1c(Cl)cccc1Cl)NCC1(CO)CCCC1. The predicted octanol–water partition coefficient (Wildman–Crippen LogP) is 3.20. The molecular formula is C15H19Cl2NO2. The lowest BCUT2D eigenvalue weighted by atomic mass is 9.87. The van der Waals surface area contributed by atoms with E-state index in [0.29, 0.717) is 22.2 Å². The summed E-state index contributed by atoms with van der Waals surface area (Å²) in [6, 6.07) is 5.20. The Labute approximate surface area is 129 Å². The minimum Gasteiger partial charge on any atom is -0.396 e. The highest BCUT2D eigenvalue weighted by molar-refractivity contribution is 6.36. The van der Waals surface area contributed by atoms with Gasteiger partial charge in [-0.05, 0) is 30.5 Å². The first-order valence-corrected chi connectivity index (χ1v) is 7.62. The fraction of sp³-hybridized carbons (Fsp3) is 0.533. The molecule has 0 atom stereocenters. The normalized spacial score (nSPS) is 17.1. The molecule has 1 fully saturated rings. The second-order valence-corrected chi connectivity index (χ2v) is 6.33. The molecule has 0 aliphatic heterocycles. The molecule has 1 aromatic carbocycles. The molecule has 1 aliphatic rings. The summed E-state index contributed by atoms with van der Waals surface area (Å²) in [5, 5.41) is 13.4. The van der Waals surface area contributed by atoms with Gasteiger partial charge in [-0.25, -0.2) is 0 Å². The standard InChI is InChI=1S/C15H19Cl2NO2/c16-12-4-3-5-13(17)11(12)8-14(20)18-9-15(10-19)6-1-2-7-15/h3-5,19H,1-2,6-10H2,(H,18,20). The summed E-state index contributed by atoms with van der Waals surface area (Å²) in [6.07, 6.45) is 4.34. The quantitative estimate of drug-likeness (QED) is 0.876. The van der Waals surface area contributed by atoms with E-state index < -0.39 is 0 Å². The van der Waals surface area contributed by atoms with Crippen molar-refractivity contribution in [1.29, 1.82) is 0 Å². The summed E-state index contributed by atoms with van der Waals surface area (Å²) in [5.74, 6) is -0.111. The predicted molar refractivity (Wildman–Crippen MR) is 81.2 cm³/mol. The van der Waals surface area contributed by atoms with Crippen LogP contribution in [-0.4, -0.2) is 24.2 Å². The van der Waals surface area contributed by atoms with Gasteiger partial charge in [0.2, 0.25) is 5.91 Å². The fourth-order valence-corrected chi connectivity index (χ4v) is 3.26. The molecule has 0 unspecified atom stereocenters. The van der Waals surface area contributed by atoms with Crippen LogP contribution in [0.5, 0.6) is 0 Å². The van der Waals surface area contributed by atoms with Crippen molar-refractivity contribution in [3.05, 3.63) is 33.8 Å². The van der Waals surface area contributed by atoms with E-state index in [9.17, 15) is 9.90 Å². The largest absolute Gasteiger partial charge is 0.396 e. The minimum absolute atomic E-state index is 0.111. The zero-order valence-electron chi connectivity index (χ0n) is 11.3. The molecule has 0 aromatic heterocycles. The number of amides is 1. The third-order valence-electron chi connectivity index (χ3n) is 4.06. The third kappa shape index (κ3) is 3.66. The van der Waals surface area contributed by atoms with Gasteiger partial charge in [0, 0.05) is 22.0 Å². The number of carbonyl (C=O) groups is 1. The van der Waals surface area contributed by atoms with Gasteiger partial charge in [0.25, 0.3) is 0 Å². The van der Waals surface area contributed by atoms with E-state index in [2.05, 4.69) is 5.32 Å². The Morgan fingerprint density at radius 1 is 1.25 bits per heavy atom. The van der Waals surface area contributed by atoms with E-state index in [0.717, 1.165) is 25.7 Å². The summed E-state index contributed by atoms with van der Waals surface area (Å²) < 4.78 is 0. The highest BCUT2D eigenvalue weighted by Gasteiger charge is 2.33. The number of aliphatic hydroxyl groups is 1. The van der Waals surface area contributed by atoms with E-state index in [4.69, 9.17) is 23.2 Å². The van der Waals surface area contributed by atoms with E-state index >= 15 is 0 Å². The molecule has 0 heterocycles. The van der Waals surface area contributed by atoms with E-state index in [1.807, 2.05) is 0 Å². The van der Waals surface area contributed by atoms with E-state index in [1.165, 1.54) is 0 Å². The number of rotatable bonds is 5. The molecule has 0 radical (unpaired) electrons. The Hall–Kier alpha value is -0.770. The lowest BCUT2D eigenvalue weighted by molar-refractivity contribution is -0.121. The van der Waals surface area contributed by atoms with Gasteiger partial charge >= 0.3 is 0 Å². The minimum atomic E-state index is -0.139. The molecule has 20 heavy (non-hydrogen) atoms. The van der Waals surface area contributed by atoms with Gasteiger partial charge in [0.1, 0.15) is 0 Å². The van der Waals surface area contributed by atoms with Crippen LogP contribution in [0.1, 0.15) is 31.2 Å². The van der Waals surface area contributed by atoms with Gasteiger partial charge in [-0.15, -0.1) is 0 Å². The van der Waals surface area contributed by atoms with E-state index in [-0.39, 0.29) is 24.3 Å². The Morgan fingerprint density at radius 2 is 1.85 bits per heavy atom. The zero-order chi connectivity index (χ0) is 14.6. The number of halogens is 2. The zero-order valence-corrected chi connectivity index (χ0v) is 12.8. The van der Waals surface area contributed by atoms with Crippen LogP contribution in [0.3, 0.4) is 0 Å². The molecule has 2 N–H and O–H groups in total. The molecule has 1 amide bonds. The number of aliphatic hydroxyl groups excluding tert-OH is 1. The summed E-state index contributed by atoms with van der Waals surface area (Å²) in [7, 11) is 0. The van der Waals surface area contributed by atoms with Crippen LogP contribution in [0.2, 0.25) is 10.0 Å². The molecule has 2 rings (SSSR count). The van der Waals surface area contributed by atoms with Crippen molar-refractivity contribution in [2.45, 2.75) is 32.1 Å². The molecule has 0 saturated heterocycles. The molecule has 0 spiro atoms. The highest BCUT2D eigenvalue weighted by Crippen LogP contribution is 2.36. The summed E-state index contributed by atoms with van der Waals surface area (Å²) in [5.41, 5.74) is 0.512. The van der Waals surface area contributed by atoms with Gasteiger partial charge in [0.05, 0.1) is 13.0 Å². The number of benzene rings is 1. The average Bonchev–Trinajstić information content (AvgIpc) is 2.90. The van der Waals surface area contributed by atoms with Crippen LogP contribution >= 0.6 is 23.2 Å². The number of nitrogens with one attached hydrogen (secondary N) is 1. The summed E-state index contributed by atoms with van der Waals surface area (Å²) >= 11 is 12.1. The average molecular weight is 316 g/mol. The molecule has 3 nitrogen and oxygen atoms in total. The Bertz CT molecular complexity index is 465. The van der Waals surface area contributed by atoms with Crippen LogP contribution < -0.4 is 5.32 Å². The van der Waals surface area contributed by atoms with Gasteiger partial charge < -0.3 is 10.4 Å². The van der Waals surface area contributed by atoms with Crippen LogP contribution in [0.15, 0.2) is 18.2 Å². The van der Waals surface area contributed by atoms with Gasteiger partial charge in [-0.3, -0.25) is 4.79 Å². The van der Waals surface area contributed by atoms with Crippen molar-refractivity contribution >= 4 is 29.1 Å². The fourth-order valence-electron chi connectivity index (χ4n) is 2.73. The van der Waals surface area contributed by atoms with Crippen molar-refractivity contribution in [2.75, 3.05) is 13.2 Å². The van der Waals surface area contributed by atoms with Crippen LogP contribution in [-0.2, 0) is 11.2 Å². The lowest BCUT2D eigenvalue weighted by Gasteiger charge is -2.26. The van der Waals surface area contributed by atoms with Crippen LogP contribution in [0.25, 0.3) is 0 Å². The van der Waals surface area contributed by atoms with Gasteiger partial charge in [-0.1, -0.05) is 42.1 Å². The first-order chi connectivity index (χ1) is 9.56. The van der Waals surface area contributed by atoms with Gasteiger partial charge in [-0.2, -0.15) is 0 Å². The first-order valence-electron chi connectivity index (χ1n) is 6.87. The van der Waals surface area contributed by atoms with E-state index in [1.54, 1.807) is 18.2 Å². The molecule has 110 valence electrons. The number of carbonyl (C=O) groups excluding carboxylic acids is 1. The lowest BCUT2D eigenvalue weighted by Crippen LogP contribution is -2.39. The van der Waals surface area contributed by atoms with Crippen molar-refractivity contribution in [2.24, 2.45) is 5.41 Å². The Balaban J connectivity index is 1.93. The van der Waals surface area contributed by atoms with Crippen LogP contribution in [0.4, 0.5) is 0 Å². The van der Waals surface area contributed by atoms with Crippen molar-refractivity contribution in [3.8, 4) is 0 Å². The Kier molecular flexibility index (Phi) is 5.30. The maximum absolute atomic E-state index is 12.0. The molecule has 1 saturated carbocycles. The maximum Gasteiger partial charge on any atom is 0.224 e. The van der Waals surface area contributed by atoms with Crippen molar-refractivity contribution < 1.29 is 9.90 Å². The first kappa shape index (κ1) is 15.6. The smallest absolute Gasteiger partial charge is 0.224 e. The molecular weight excluding hydrogens is 297 g/mol. The topological polar surface area (TPSA) is 49.3 Å². The van der Waals surface area contributed by atoms with Crippen molar-refractivity contribution in [1.82, 2.24) is 5.32 Å². The Morgan fingerprint density at radius 3 is 2.40 bits per heavy atom. The van der Waals surface area contributed by atoms with Crippen molar-refractivity contribution in [3.63, 3.8) is 0 Å². The summed E-state index contributed by atoms with van der Waals surface area (Å²) in [6.45, 7) is 0.643.